The molecule has 9 nitrogen and oxygen atoms in total. The van der Waals surface area contributed by atoms with E-state index in [0.29, 0.717) is 0 Å². The van der Waals surface area contributed by atoms with Crippen LogP contribution in [0.1, 0.15) is 47.1 Å². The Morgan fingerprint density at radius 1 is 0.676 bits per heavy atom. The van der Waals surface area contributed by atoms with Crippen LogP contribution in [-0.2, 0) is 25.6 Å². The molecule has 2 rings (SSSR count). The van der Waals surface area contributed by atoms with E-state index in [1.165, 1.54) is 6.92 Å². The molecule has 188 valence electrons. The van der Waals surface area contributed by atoms with Crippen molar-refractivity contribution in [2.45, 2.75) is 78.2 Å². The van der Waals surface area contributed by atoms with E-state index in [0.717, 1.165) is 5.56 Å². The van der Waals surface area contributed by atoms with Gasteiger partial charge in [0, 0.05) is 12.3 Å². The topological polar surface area (TPSA) is 137 Å². The second-order valence-corrected chi connectivity index (χ2v) is 9.80. The van der Waals surface area contributed by atoms with E-state index in [9.17, 15) is 24.3 Å². The molecule has 1 aromatic carbocycles. The lowest BCUT2D eigenvalue weighted by molar-refractivity contribution is -0.139. The Kier molecular flexibility index (Phi) is 9.61. The Balaban J connectivity index is 2.49. The molecule has 6 atom stereocenters. The molecule has 1 aromatic rings. The monoisotopic (exact) mass is 474 g/mol. The van der Waals surface area contributed by atoms with Crippen LogP contribution in [0.2, 0.25) is 0 Å². The SMILES string of the molecule is CC(C)C1NC(=O)C(Cc2ccccc2)NC(=O)C(C(C)C(C)O)NC(=O)C(C(C)C)NC1=O. The van der Waals surface area contributed by atoms with Crippen LogP contribution in [0, 0.1) is 17.8 Å². The summed E-state index contributed by atoms with van der Waals surface area (Å²) in [6.07, 6.45) is -0.703. The summed E-state index contributed by atoms with van der Waals surface area (Å²) < 4.78 is 0. The summed E-state index contributed by atoms with van der Waals surface area (Å²) in [5.74, 6) is -3.23. The molecule has 34 heavy (non-hydrogen) atoms. The fraction of sp³-hybridized carbons (Fsp3) is 0.600. The molecule has 4 amide bonds. The summed E-state index contributed by atoms with van der Waals surface area (Å²) in [7, 11) is 0. The van der Waals surface area contributed by atoms with Crippen molar-refractivity contribution in [2.24, 2.45) is 17.8 Å². The molecule has 0 aromatic heterocycles. The van der Waals surface area contributed by atoms with E-state index >= 15 is 0 Å². The first-order valence-electron chi connectivity index (χ1n) is 11.9. The zero-order chi connectivity index (χ0) is 25.6. The van der Waals surface area contributed by atoms with E-state index in [-0.39, 0.29) is 18.3 Å². The van der Waals surface area contributed by atoms with E-state index in [1.807, 2.05) is 30.3 Å². The molecule has 0 saturated carbocycles. The number of hydrogen-bond acceptors (Lipinski definition) is 5. The van der Waals surface area contributed by atoms with E-state index in [2.05, 4.69) is 21.3 Å². The van der Waals surface area contributed by atoms with Crippen LogP contribution < -0.4 is 21.3 Å². The number of nitrogens with one attached hydrogen (secondary N) is 4. The highest BCUT2D eigenvalue weighted by molar-refractivity contribution is 5.97. The highest BCUT2D eigenvalue weighted by Gasteiger charge is 2.38. The second kappa shape index (κ2) is 12.0. The summed E-state index contributed by atoms with van der Waals surface area (Å²) in [4.78, 5) is 52.8. The smallest absolute Gasteiger partial charge is 0.243 e. The molecule has 0 aliphatic carbocycles. The van der Waals surface area contributed by atoms with Gasteiger partial charge in [0.1, 0.15) is 24.2 Å². The molecule has 0 spiro atoms. The van der Waals surface area contributed by atoms with Crippen molar-refractivity contribution in [3.63, 3.8) is 0 Å². The number of rotatable bonds is 6. The Bertz CT molecular complexity index is 871. The van der Waals surface area contributed by atoms with Crippen molar-refractivity contribution < 1.29 is 24.3 Å². The molecule has 1 aliphatic rings. The maximum atomic E-state index is 13.3. The third-order valence-electron chi connectivity index (χ3n) is 6.28. The van der Waals surface area contributed by atoms with Crippen molar-refractivity contribution in [2.75, 3.05) is 0 Å². The van der Waals surface area contributed by atoms with Gasteiger partial charge >= 0.3 is 0 Å². The van der Waals surface area contributed by atoms with Crippen LogP contribution in [0.4, 0.5) is 0 Å². The van der Waals surface area contributed by atoms with Gasteiger partial charge in [-0.15, -0.1) is 0 Å². The number of benzene rings is 1. The fourth-order valence-corrected chi connectivity index (χ4v) is 3.84. The average molecular weight is 475 g/mol. The van der Waals surface area contributed by atoms with Gasteiger partial charge in [0.25, 0.3) is 0 Å². The molecule has 1 saturated heterocycles. The number of hydrogen-bond donors (Lipinski definition) is 5. The molecule has 0 radical (unpaired) electrons. The first-order valence-corrected chi connectivity index (χ1v) is 11.9. The van der Waals surface area contributed by atoms with Gasteiger partial charge in [0.15, 0.2) is 0 Å². The fourth-order valence-electron chi connectivity index (χ4n) is 3.84. The molecule has 0 bridgehead atoms. The highest BCUT2D eigenvalue weighted by Crippen LogP contribution is 2.14. The average Bonchev–Trinajstić information content (AvgIpc) is 2.77. The zero-order valence-corrected chi connectivity index (χ0v) is 20.8. The van der Waals surface area contributed by atoms with Gasteiger partial charge in [-0.25, -0.2) is 0 Å². The Morgan fingerprint density at radius 3 is 1.59 bits per heavy atom. The maximum absolute atomic E-state index is 13.3. The third-order valence-corrected chi connectivity index (χ3v) is 6.28. The van der Waals surface area contributed by atoms with E-state index in [4.69, 9.17) is 0 Å². The molecular formula is C25H38N4O5. The second-order valence-electron chi connectivity index (χ2n) is 9.80. The summed E-state index contributed by atoms with van der Waals surface area (Å²) in [6.45, 7) is 10.3. The van der Waals surface area contributed by atoms with Crippen molar-refractivity contribution >= 4 is 23.6 Å². The number of amides is 4. The summed E-state index contributed by atoms with van der Waals surface area (Å²) >= 11 is 0. The maximum Gasteiger partial charge on any atom is 0.243 e. The van der Waals surface area contributed by atoms with Gasteiger partial charge in [-0.3, -0.25) is 19.2 Å². The lowest BCUT2D eigenvalue weighted by Gasteiger charge is -2.33. The predicted octanol–water partition coefficient (Wildman–Crippen LogP) is 0.511. The summed E-state index contributed by atoms with van der Waals surface area (Å²) in [6, 6.07) is 5.31. The van der Waals surface area contributed by atoms with Crippen molar-refractivity contribution in [1.82, 2.24) is 21.3 Å². The lowest BCUT2D eigenvalue weighted by Crippen LogP contribution is -2.64. The summed E-state index contributed by atoms with van der Waals surface area (Å²) in [5.41, 5.74) is 0.824. The van der Waals surface area contributed by atoms with Gasteiger partial charge in [0.05, 0.1) is 6.10 Å². The van der Waals surface area contributed by atoms with Crippen molar-refractivity contribution in [3.05, 3.63) is 35.9 Å². The van der Waals surface area contributed by atoms with Gasteiger partial charge in [-0.1, -0.05) is 65.0 Å². The molecule has 1 heterocycles. The standard InChI is InChI=1S/C25H38N4O5/c1-13(2)19-23(32)28-20(14(3)4)24(33)29-21(15(5)16(6)30)25(34)26-18(22(31)27-19)12-17-10-8-7-9-11-17/h7-11,13-16,18-21,30H,12H2,1-6H3,(H,26,34)(H,27,31)(H,28,32)(H,29,33). The molecule has 6 unspecified atom stereocenters. The van der Waals surface area contributed by atoms with Crippen LogP contribution in [0.5, 0.6) is 0 Å². The summed E-state index contributed by atoms with van der Waals surface area (Å²) in [5, 5.41) is 21.1. The zero-order valence-electron chi connectivity index (χ0n) is 20.8. The Morgan fingerprint density at radius 2 is 1.12 bits per heavy atom. The minimum atomic E-state index is -1.10. The lowest BCUT2D eigenvalue weighted by atomic mass is 9.93. The van der Waals surface area contributed by atoms with Gasteiger partial charge in [0.2, 0.25) is 23.6 Å². The number of carbonyl (C=O) groups excluding carboxylic acids is 4. The molecule has 1 aliphatic heterocycles. The molecular weight excluding hydrogens is 436 g/mol. The number of carbonyl (C=O) groups is 4. The minimum Gasteiger partial charge on any atom is -0.393 e. The van der Waals surface area contributed by atoms with Crippen LogP contribution in [0.15, 0.2) is 30.3 Å². The molecule has 1 fully saturated rings. The first kappa shape index (κ1) is 27.3. The highest BCUT2D eigenvalue weighted by atomic mass is 16.3. The van der Waals surface area contributed by atoms with Gasteiger partial charge < -0.3 is 26.4 Å². The van der Waals surface area contributed by atoms with Crippen LogP contribution >= 0.6 is 0 Å². The van der Waals surface area contributed by atoms with Crippen molar-refractivity contribution in [3.8, 4) is 0 Å². The Hall–Kier alpha value is -2.94. The first-order chi connectivity index (χ1) is 15.9. The third kappa shape index (κ3) is 7.03. The van der Waals surface area contributed by atoms with E-state index in [1.54, 1.807) is 34.6 Å². The molecule has 9 heteroatoms. The number of aliphatic hydroxyl groups excluding tert-OH is 1. The largest absolute Gasteiger partial charge is 0.393 e. The number of aliphatic hydroxyl groups is 1. The molecule has 5 N–H and O–H groups in total. The van der Waals surface area contributed by atoms with E-state index < -0.39 is 59.8 Å². The van der Waals surface area contributed by atoms with Crippen molar-refractivity contribution in [1.29, 1.82) is 0 Å². The van der Waals surface area contributed by atoms with Crippen LogP contribution in [-0.4, -0.2) is 59.0 Å². The minimum absolute atomic E-state index is 0.198. The quantitative estimate of drug-likeness (QED) is 0.409. The Labute approximate surface area is 201 Å². The van der Waals surface area contributed by atoms with Gasteiger partial charge in [-0.2, -0.15) is 0 Å². The van der Waals surface area contributed by atoms with Gasteiger partial charge in [-0.05, 0) is 24.3 Å². The normalized spacial score (nSPS) is 26.5. The van der Waals surface area contributed by atoms with Crippen LogP contribution in [0.25, 0.3) is 0 Å². The predicted molar refractivity (Wildman–Crippen MR) is 128 cm³/mol. The van der Waals surface area contributed by atoms with Crippen LogP contribution in [0.3, 0.4) is 0 Å².